The van der Waals surface area contributed by atoms with Gasteiger partial charge in [0.2, 0.25) is 5.60 Å². The molecule has 0 aliphatic rings. The Labute approximate surface area is 105 Å². The normalized spacial score (nSPS) is 13.9. The monoisotopic (exact) mass is 258 g/mol. The summed E-state index contributed by atoms with van der Waals surface area (Å²) in [7, 11) is 0. The van der Waals surface area contributed by atoms with Crippen molar-refractivity contribution in [2.24, 2.45) is 0 Å². The molecule has 0 amide bonds. The predicted octanol–water partition coefficient (Wildman–Crippen LogP) is 2.03. The predicted molar refractivity (Wildman–Crippen MR) is 64.2 cm³/mol. The Balaban J connectivity index is 2.81. The van der Waals surface area contributed by atoms with Gasteiger partial charge < -0.3 is 14.6 Å². The van der Waals surface area contributed by atoms with Crippen LogP contribution in [0.15, 0.2) is 24.3 Å². The molecular weight excluding hydrogens is 244 g/mol. The van der Waals surface area contributed by atoms with Crippen LogP contribution in [-0.4, -0.2) is 29.9 Å². The van der Waals surface area contributed by atoms with Gasteiger partial charge in [-0.15, -0.1) is 0 Å². The molecule has 17 heavy (non-hydrogen) atoms. The van der Waals surface area contributed by atoms with Gasteiger partial charge in [-0.25, -0.2) is 4.79 Å². The van der Waals surface area contributed by atoms with Gasteiger partial charge in [-0.05, 0) is 38.1 Å². The molecule has 94 valence electrons. The smallest absolute Gasteiger partial charge is 0.352 e. The summed E-state index contributed by atoms with van der Waals surface area (Å²) in [6.45, 7) is 2.93. The molecule has 1 atom stereocenters. The molecule has 0 aliphatic heterocycles. The van der Waals surface area contributed by atoms with Gasteiger partial charge in [-0.1, -0.05) is 11.6 Å². The van der Waals surface area contributed by atoms with Crippen molar-refractivity contribution < 1.29 is 19.4 Å². The average Bonchev–Trinajstić information content (AvgIpc) is 2.32. The topological polar surface area (TPSA) is 55.8 Å². The van der Waals surface area contributed by atoms with Crippen LogP contribution in [0.5, 0.6) is 5.75 Å². The Hall–Kier alpha value is -1.26. The summed E-state index contributed by atoms with van der Waals surface area (Å²) < 4.78 is 10.3. The van der Waals surface area contributed by atoms with E-state index in [-0.39, 0.29) is 6.61 Å². The maximum Gasteiger partial charge on any atom is 0.352 e. The molecule has 0 spiro atoms. The average molecular weight is 259 g/mol. The third-order valence-corrected chi connectivity index (χ3v) is 2.42. The molecule has 1 aromatic carbocycles. The van der Waals surface area contributed by atoms with Crippen LogP contribution < -0.4 is 4.74 Å². The first-order chi connectivity index (χ1) is 8.01. The van der Waals surface area contributed by atoms with E-state index in [1.165, 1.54) is 6.92 Å². The Morgan fingerprint density at radius 2 is 2.00 bits per heavy atom. The number of esters is 1. The second-order valence-electron chi connectivity index (χ2n) is 3.67. The van der Waals surface area contributed by atoms with Crippen molar-refractivity contribution in [3.63, 3.8) is 0 Å². The van der Waals surface area contributed by atoms with E-state index in [1.807, 2.05) is 0 Å². The minimum atomic E-state index is -1.40. The quantitative estimate of drug-likeness (QED) is 0.821. The first-order valence-electron chi connectivity index (χ1n) is 5.24. The van der Waals surface area contributed by atoms with Crippen LogP contribution in [0.2, 0.25) is 5.02 Å². The molecule has 5 heteroatoms. The van der Waals surface area contributed by atoms with E-state index >= 15 is 0 Å². The summed E-state index contributed by atoms with van der Waals surface area (Å²) >= 11 is 5.73. The fourth-order valence-corrected chi connectivity index (χ4v) is 1.31. The van der Waals surface area contributed by atoms with Crippen LogP contribution in [0.4, 0.5) is 0 Å². The summed E-state index contributed by atoms with van der Waals surface area (Å²) in [5.41, 5.74) is -1.40. The molecule has 4 nitrogen and oxygen atoms in total. The first kappa shape index (κ1) is 13.8. The van der Waals surface area contributed by atoms with E-state index in [0.29, 0.717) is 10.8 Å². The van der Waals surface area contributed by atoms with Crippen LogP contribution >= 0.6 is 11.6 Å². The summed E-state index contributed by atoms with van der Waals surface area (Å²) in [6.07, 6.45) is 0. The zero-order valence-electron chi connectivity index (χ0n) is 9.77. The maximum atomic E-state index is 11.6. The minimum absolute atomic E-state index is 0.235. The summed E-state index contributed by atoms with van der Waals surface area (Å²) in [6, 6.07) is 6.52. The number of aliphatic hydroxyl groups excluding tert-OH is 1. The number of carbonyl (C=O) groups excluding carboxylic acids is 1. The molecule has 1 N–H and O–H groups in total. The van der Waals surface area contributed by atoms with Crippen LogP contribution in [0, 0.1) is 0 Å². The van der Waals surface area contributed by atoms with Crippen LogP contribution in [0.3, 0.4) is 0 Å². The fraction of sp³-hybridized carbons (Fsp3) is 0.417. The molecule has 1 rings (SSSR count). The third kappa shape index (κ3) is 3.61. The van der Waals surface area contributed by atoms with Gasteiger partial charge in [0.05, 0.1) is 13.2 Å². The van der Waals surface area contributed by atoms with Crippen molar-refractivity contribution in [2.45, 2.75) is 19.4 Å². The Morgan fingerprint density at radius 3 is 2.47 bits per heavy atom. The van der Waals surface area contributed by atoms with E-state index in [0.717, 1.165) is 0 Å². The largest absolute Gasteiger partial charge is 0.473 e. The lowest BCUT2D eigenvalue weighted by molar-refractivity contribution is -0.163. The van der Waals surface area contributed by atoms with Crippen LogP contribution in [-0.2, 0) is 9.53 Å². The van der Waals surface area contributed by atoms with Crippen molar-refractivity contribution in [2.75, 3.05) is 13.2 Å². The minimum Gasteiger partial charge on any atom is -0.473 e. The van der Waals surface area contributed by atoms with Gasteiger partial charge in [0.25, 0.3) is 0 Å². The van der Waals surface area contributed by atoms with E-state index in [4.69, 9.17) is 21.1 Å². The summed E-state index contributed by atoms with van der Waals surface area (Å²) in [4.78, 5) is 11.6. The number of halogens is 1. The van der Waals surface area contributed by atoms with Gasteiger partial charge in [-0.2, -0.15) is 0 Å². The zero-order valence-corrected chi connectivity index (χ0v) is 10.5. The number of hydrogen-bond acceptors (Lipinski definition) is 4. The van der Waals surface area contributed by atoms with Crippen molar-refractivity contribution in [1.82, 2.24) is 0 Å². The second-order valence-corrected chi connectivity index (χ2v) is 4.10. The highest BCUT2D eigenvalue weighted by atomic mass is 35.5. The third-order valence-electron chi connectivity index (χ3n) is 2.17. The summed E-state index contributed by atoms with van der Waals surface area (Å²) in [5, 5.41) is 9.82. The molecule has 0 heterocycles. The standard InChI is InChI=1S/C12H15ClO4/c1-3-16-11(15)12(2,8-14)17-10-6-4-9(13)5-7-10/h4-7,14H,3,8H2,1-2H3. The van der Waals surface area contributed by atoms with Crippen molar-refractivity contribution in [3.8, 4) is 5.75 Å². The van der Waals surface area contributed by atoms with Crippen molar-refractivity contribution in [1.29, 1.82) is 0 Å². The number of hydrogen-bond donors (Lipinski definition) is 1. The van der Waals surface area contributed by atoms with Crippen molar-refractivity contribution in [3.05, 3.63) is 29.3 Å². The van der Waals surface area contributed by atoms with Gasteiger partial charge in [0.1, 0.15) is 5.75 Å². The maximum absolute atomic E-state index is 11.6. The SMILES string of the molecule is CCOC(=O)C(C)(CO)Oc1ccc(Cl)cc1. The molecule has 0 fully saturated rings. The molecule has 1 aromatic rings. The van der Waals surface area contributed by atoms with E-state index in [1.54, 1.807) is 31.2 Å². The number of rotatable bonds is 5. The highest BCUT2D eigenvalue weighted by Gasteiger charge is 2.36. The Kier molecular flexibility index (Phi) is 4.78. The lowest BCUT2D eigenvalue weighted by atomic mass is 10.1. The van der Waals surface area contributed by atoms with Gasteiger partial charge in [0, 0.05) is 5.02 Å². The number of aliphatic hydroxyl groups is 1. The molecule has 0 saturated heterocycles. The summed E-state index contributed by atoms with van der Waals surface area (Å²) in [5.74, 6) is -0.156. The molecule has 0 aromatic heterocycles. The highest BCUT2D eigenvalue weighted by molar-refractivity contribution is 6.30. The first-order valence-corrected chi connectivity index (χ1v) is 5.62. The molecule has 0 bridgehead atoms. The number of ether oxygens (including phenoxy) is 2. The van der Waals surface area contributed by atoms with Gasteiger partial charge in [-0.3, -0.25) is 0 Å². The fourth-order valence-electron chi connectivity index (χ4n) is 1.18. The lowest BCUT2D eigenvalue weighted by Crippen LogP contribution is -2.46. The lowest BCUT2D eigenvalue weighted by Gasteiger charge is -2.26. The Bertz CT molecular complexity index is 377. The molecule has 1 unspecified atom stereocenters. The van der Waals surface area contributed by atoms with E-state index in [2.05, 4.69) is 0 Å². The van der Waals surface area contributed by atoms with Crippen LogP contribution in [0.25, 0.3) is 0 Å². The zero-order chi connectivity index (χ0) is 12.9. The van der Waals surface area contributed by atoms with Crippen molar-refractivity contribution >= 4 is 17.6 Å². The van der Waals surface area contributed by atoms with Crippen LogP contribution in [0.1, 0.15) is 13.8 Å². The number of carbonyl (C=O) groups is 1. The van der Waals surface area contributed by atoms with E-state index < -0.39 is 18.2 Å². The molecule has 0 aliphatic carbocycles. The highest BCUT2D eigenvalue weighted by Crippen LogP contribution is 2.21. The van der Waals surface area contributed by atoms with E-state index in [9.17, 15) is 9.90 Å². The Morgan fingerprint density at radius 1 is 1.41 bits per heavy atom. The molecule has 0 saturated carbocycles. The second kappa shape index (κ2) is 5.89. The van der Waals surface area contributed by atoms with Gasteiger partial charge >= 0.3 is 5.97 Å². The molecule has 0 radical (unpaired) electrons. The van der Waals surface area contributed by atoms with Gasteiger partial charge in [0.15, 0.2) is 0 Å². The number of benzene rings is 1. The molecular formula is C12H15ClO4.